The van der Waals surface area contributed by atoms with E-state index in [1.165, 1.54) is 16.9 Å². The third kappa shape index (κ3) is 5.42. The lowest BCUT2D eigenvalue weighted by Crippen LogP contribution is -2.31. The van der Waals surface area contributed by atoms with Crippen molar-refractivity contribution < 1.29 is 0 Å². The smallest absolute Gasteiger partial charge is 0.0294 e. The molecule has 0 saturated carbocycles. The first kappa shape index (κ1) is 15.5. The Balaban J connectivity index is 2.45. The fourth-order valence-corrected chi connectivity index (χ4v) is 2.36. The van der Waals surface area contributed by atoms with Crippen molar-refractivity contribution in [3.05, 3.63) is 29.8 Å². The first-order valence-corrected chi connectivity index (χ1v) is 7.80. The molecule has 0 saturated heterocycles. The summed E-state index contributed by atoms with van der Waals surface area (Å²) in [6.45, 7) is 5.63. The Morgan fingerprint density at radius 3 is 2.28 bits per heavy atom. The summed E-state index contributed by atoms with van der Waals surface area (Å²) in [6, 6.07) is 9.80. The van der Waals surface area contributed by atoms with Crippen LogP contribution in [0.15, 0.2) is 29.2 Å². The van der Waals surface area contributed by atoms with Gasteiger partial charge >= 0.3 is 0 Å². The maximum atomic E-state index is 3.66. The lowest BCUT2D eigenvalue weighted by atomic mass is 10.1. The van der Waals surface area contributed by atoms with Gasteiger partial charge in [0.15, 0.2) is 0 Å². The van der Waals surface area contributed by atoms with Crippen LogP contribution in [0.2, 0.25) is 0 Å². The van der Waals surface area contributed by atoms with Gasteiger partial charge in [0.1, 0.15) is 0 Å². The monoisotopic (exact) mass is 266 g/mol. The number of nitrogens with one attached hydrogen (secondary N) is 1. The third-order valence-corrected chi connectivity index (χ3v) is 3.90. The molecule has 0 aliphatic heterocycles. The van der Waals surface area contributed by atoms with E-state index in [1.807, 2.05) is 0 Å². The Hall–Kier alpha value is -0.510. The van der Waals surface area contributed by atoms with Gasteiger partial charge in [0.25, 0.3) is 0 Å². The third-order valence-electron chi connectivity index (χ3n) is 3.16. The Morgan fingerprint density at radius 1 is 1.17 bits per heavy atom. The molecular weight excluding hydrogens is 240 g/mol. The predicted molar refractivity (Wildman–Crippen MR) is 82.4 cm³/mol. The van der Waals surface area contributed by atoms with Crippen molar-refractivity contribution in [3.8, 4) is 0 Å². The second-order valence-electron chi connectivity index (χ2n) is 5.15. The van der Waals surface area contributed by atoms with Gasteiger partial charge < -0.3 is 10.2 Å². The number of hydrogen-bond acceptors (Lipinski definition) is 3. The molecule has 2 nitrogen and oxygen atoms in total. The number of hydrogen-bond donors (Lipinski definition) is 1. The molecule has 0 spiro atoms. The Bertz CT molecular complexity index is 335. The molecule has 1 N–H and O–H groups in total. The van der Waals surface area contributed by atoms with Crippen molar-refractivity contribution in [1.82, 2.24) is 10.2 Å². The maximum absolute atomic E-state index is 3.66. The van der Waals surface area contributed by atoms with Gasteiger partial charge in [0.05, 0.1) is 0 Å². The topological polar surface area (TPSA) is 15.3 Å². The average molecular weight is 266 g/mol. The van der Waals surface area contributed by atoms with Crippen LogP contribution in [-0.2, 0) is 0 Å². The Kier molecular flexibility index (Phi) is 6.76. The molecule has 0 aliphatic rings. The second kappa shape index (κ2) is 7.82. The van der Waals surface area contributed by atoms with Gasteiger partial charge in [-0.05, 0) is 64.9 Å². The van der Waals surface area contributed by atoms with Crippen LogP contribution in [0, 0.1) is 0 Å². The van der Waals surface area contributed by atoms with E-state index in [-0.39, 0.29) is 0 Å². The summed E-state index contributed by atoms with van der Waals surface area (Å²) in [7, 11) is 4.24. The zero-order valence-electron chi connectivity index (χ0n) is 12.2. The van der Waals surface area contributed by atoms with Crippen molar-refractivity contribution in [3.63, 3.8) is 0 Å². The molecular formula is C15H26N2S. The van der Waals surface area contributed by atoms with E-state index in [2.05, 4.69) is 68.7 Å². The van der Waals surface area contributed by atoms with E-state index in [4.69, 9.17) is 0 Å². The van der Waals surface area contributed by atoms with Crippen LogP contribution < -0.4 is 5.32 Å². The molecule has 2 unspecified atom stereocenters. The van der Waals surface area contributed by atoms with Crippen LogP contribution in [0.4, 0.5) is 0 Å². The van der Waals surface area contributed by atoms with Gasteiger partial charge in [0, 0.05) is 17.0 Å². The highest BCUT2D eigenvalue weighted by Gasteiger charge is 2.09. The number of nitrogens with zero attached hydrogens (tertiary/aromatic N) is 1. The van der Waals surface area contributed by atoms with E-state index in [0.29, 0.717) is 12.1 Å². The van der Waals surface area contributed by atoms with Crippen molar-refractivity contribution >= 4 is 11.8 Å². The number of thioether (sulfide) groups is 1. The lowest BCUT2D eigenvalue weighted by molar-refractivity contribution is 0.354. The van der Waals surface area contributed by atoms with E-state index >= 15 is 0 Å². The minimum atomic E-state index is 0.415. The standard InChI is InChI=1S/C15H26N2S/c1-12(10-11-17(3)4)16-13(2)14-6-8-15(18-5)9-7-14/h6-9,12-13,16H,10-11H2,1-5H3. The predicted octanol–water partition coefficient (Wildman–Crippen LogP) is 3.40. The minimum absolute atomic E-state index is 0.415. The van der Waals surface area contributed by atoms with Gasteiger partial charge in [-0.25, -0.2) is 0 Å². The largest absolute Gasteiger partial charge is 0.309 e. The van der Waals surface area contributed by atoms with E-state index < -0.39 is 0 Å². The minimum Gasteiger partial charge on any atom is -0.309 e. The molecule has 2 atom stereocenters. The highest BCUT2D eigenvalue weighted by Crippen LogP contribution is 2.19. The normalized spacial score (nSPS) is 14.8. The molecule has 1 rings (SSSR count). The first-order chi connectivity index (χ1) is 8.52. The molecule has 0 heterocycles. The Labute approximate surface area is 116 Å². The summed E-state index contributed by atoms with van der Waals surface area (Å²) in [4.78, 5) is 3.56. The quantitative estimate of drug-likeness (QED) is 0.762. The molecule has 0 amide bonds. The van der Waals surface area contributed by atoms with Crippen molar-refractivity contribution in [2.75, 3.05) is 26.9 Å². The van der Waals surface area contributed by atoms with Crippen molar-refractivity contribution in [2.45, 2.75) is 37.2 Å². The molecule has 102 valence electrons. The average Bonchev–Trinajstić information content (AvgIpc) is 2.36. The highest BCUT2D eigenvalue weighted by atomic mass is 32.2. The molecule has 3 heteroatoms. The van der Waals surface area contributed by atoms with Gasteiger partial charge in [-0.1, -0.05) is 12.1 Å². The SMILES string of the molecule is CSc1ccc(C(C)NC(C)CCN(C)C)cc1. The van der Waals surface area contributed by atoms with E-state index in [9.17, 15) is 0 Å². The zero-order valence-corrected chi connectivity index (χ0v) is 13.1. The molecule has 1 aromatic rings. The summed E-state index contributed by atoms with van der Waals surface area (Å²) in [5.41, 5.74) is 1.37. The van der Waals surface area contributed by atoms with Crippen LogP contribution in [-0.4, -0.2) is 37.8 Å². The molecule has 0 bridgehead atoms. The fraction of sp³-hybridized carbons (Fsp3) is 0.600. The Morgan fingerprint density at radius 2 is 1.78 bits per heavy atom. The fourth-order valence-electron chi connectivity index (χ4n) is 1.95. The first-order valence-electron chi connectivity index (χ1n) is 6.57. The summed E-state index contributed by atoms with van der Waals surface area (Å²) in [6.07, 6.45) is 3.29. The van der Waals surface area contributed by atoms with Crippen LogP contribution in [0.1, 0.15) is 31.9 Å². The van der Waals surface area contributed by atoms with Gasteiger partial charge in [-0.15, -0.1) is 11.8 Å². The number of benzene rings is 1. The summed E-state index contributed by atoms with van der Waals surface area (Å²) < 4.78 is 0. The lowest BCUT2D eigenvalue weighted by Gasteiger charge is -2.22. The van der Waals surface area contributed by atoms with Gasteiger partial charge in [-0.3, -0.25) is 0 Å². The van der Waals surface area contributed by atoms with Crippen LogP contribution in [0.5, 0.6) is 0 Å². The van der Waals surface area contributed by atoms with Crippen molar-refractivity contribution in [1.29, 1.82) is 0 Å². The van der Waals surface area contributed by atoms with Crippen LogP contribution in [0.3, 0.4) is 0 Å². The van der Waals surface area contributed by atoms with E-state index in [1.54, 1.807) is 11.8 Å². The summed E-state index contributed by atoms with van der Waals surface area (Å²) in [5, 5.41) is 3.66. The second-order valence-corrected chi connectivity index (χ2v) is 6.03. The molecule has 0 aromatic heterocycles. The van der Waals surface area contributed by atoms with E-state index in [0.717, 1.165) is 6.54 Å². The van der Waals surface area contributed by atoms with Gasteiger partial charge in [-0.2, -0.15) is 0 Å². The molecule has 18 heavy (non-hydrogen) atoms. The van der Waals surface area contributed by atoms with Crippen LogP contribution >= 0.6 is 11.8 Å². The number of rotatable bonds is 7. The summed E-state index contributed by atoms with van der Waals surface area (Å²) in [5.74, 6) is 0. The maximum Gasteiger partial charge on any atom is 0.0294 e. The molecule has 0 fully saturated rings. The van der Waals surface area contributed by atoms with Gasteiger partial charge in [0.2, 0.25) is 0 Å². The molecule has 0 radical (unpaired) electrons. The van der Waals surface area contributed by atoms with Crippen LogP contribution in [0.25, 0.3) is 0 Å². The zero-order chi connectivity index (χ0) is 13.5. The molecule has 0 aliphatic carbocycles. The molecule has 1 aromatic carbocycles. The highest BCUT2D eigenvalue weighted by molar-refractivity contribution is 7.98. The summed E-state index contributed by atoms with van der Waals surface area (Å²) >= 11 is 1.79. The van der Waals surface area contributed by atoms with Crippen molar-refractivity contribution in [2.24, 2.45) is 0 Å².